The van der Waals surface area contributed by atoms with Gasteiger partial charge in [-0.15, -0.1) is 0 Å². The number of aromatic nitrogens is 2. The van der Waals surface area contributed by atoms with E-state index in [9.17, 15) is 0 Å². The predicted molar refractivity (Wildman–Crippen MR) is 86.8 cm³/mol. The van der Waals surface area contributed by atoms with Crippen molar-refractivity contribution in [1.82, 2.24) is 19.9 Å². The summed E-state index contributed by atoms with van der Waals surface area (Å²) >= 11 is 0. The molecule has 1 atom stereocenters. The lowest BCUT2D eigenvalue weighted by molar-refractivity contribution is 0.0619. The minimum Gasteiger partial charge on any atom is -0.335 e. The molecular formula is C16H31N5. The number of rotatable bonds is 8. The fourth-order valence-corrected chi connectivity index (χ4v) is 4.13. The summed E-state index contributed by atoms with van der Waals surface area (Å²) in [7, 11) is 0. The predicted octanol–water partition coefficient (Wildman–Crippen LogP) is 1.93. The number of nitrogens with one attached hydrogen (secondary N) is 1. The number of imidazole rings is 1. The van der Waals surface area contributed by atoms with Gasteiger partial charge in [-0.2, -0.15) is 0 Å². The van der Waals surface area contributed by atoms with Gasteiger partial charge in [-0.05, 0) is 32.9 Å². The van der Waals surface area contributed by atoms with Crippen molar-refractivity contribution in [2.24, 2.45) is 5.84 Å². The summed E-state index contributed by atoms with van der Waals surface area (Å²) in [5, 5.41) is 0. The van der Waals surface area contributed by atoms with E-state index in [1.165, 1.54) is 25.7 Å². The summed E-state index contributed by atoms with van der Waals surface area (Å²) in [6.07, 6.45) is 9.92. The van der Waals surface area contributed by atoms with Gasteiger partial charge in [-0.3, -0.25) is 16.2 Å². The van der Waals surface area contributed by atoms with Gasteiger partial charge in [-0.25, -0.2) is 4.98 Å². The molecule has 1 aromatic rings. The molecule has 0 aliphatic heterocycles. The zero-order valence-corrected chi connectivity index (χ0v) is 13.8. The number of nitrogens with zero attached hydrogens (tertiary/aromatic N) is 3. The maximum absolute atomic E-state index is 5.98. The molecule has 0 bridgehead atoms. The second-order valence-corrected chi connectivity index (χ2v) is 6.04. The van der Waals surface area contributed by atoms with Gasteiger partial charge in [0.05, 0.1) is 0 Å². The Balaban J connectivity index is 2.24. The Morgan fingerprint density at radius 1 is 1.33 bits per heavy atom. The third kappa shape index (κ3) is 3.15. The van der Waals surface area contributed by atoms with Gasteiger partial charge in [-0.1, -0.05) is 26.7 Å². The minimum absolute atomic E-state index is 0.183. The van der Waals surface area contributed by atoms with E-state index in [0.29, 0.717) is 0 Å². The first-order valence-corrected chi connectivity index (χ1v) is 8.43. The van der Waals surface area contributed by atoms with Crippen molar-refractivity contribution in [3.8, 4) is 0 Å². The van der Waals surface area contributed by atoms with Crippen molar-refractivity contribution in [3.05, 3.63) is 18.2 Å². The Labute approximate surface area is 128 Å². The van der Waals surface area contributed by atoms with Crippen LogP contribution in [0.1, 0.15) is 52.3 Å². The Bertz CT molecular complexity index is 418. The fourth-order valence-electron chi connectivity index (χ4n) is 4.13. The average molecular weight is 293 g/mol. The molecule has 3 N–H and O–H groups in total. The van der Waals surface area contributed by atoms with E-state index in [2.05, 4.69) is 46.8 Å². The molecule has 0 radical (unpaired) electrons. The summed E-state index contributed by atoms with van der Waals surface area (Å²) in [5.41, 5.74) is 3.31. The first-order chi connectivity index (χ1) is 10.2. The lowest BCUT2D eigenvalue weighted by atomic mass is 9.84. The fraction of sp³-hybridized carbons (Fsp3) is 0.812. The quantitative estimate of drug-likeness (QED) is 0.568. The first kappa shape index (κ1) is 16.5. The zero-order chi connectivity index (χ0) is 15.3. The van der Waals surface area contributed by atoms with Crippen molar-refractivity contribution in [2.45, 2.75) is 71.0 Å². The lowest BCUT2D eigenvalue weighted by Crippen LogP contribution is -2.62. The van der Waals surface area contributed by atoms with Gasteiger partial charge in [0.1, 0.15) is 5.82 Å². The smallest absolute Gasteiger partial charge is 0.110 e. The largest absolute Gasteiger partial charge is 0.335 e. The van der Waals surface area contributed by atoms with E-state index < -0.39 is 0 Å². The number of hydrogen-bond donors (Lipinski definition) is 2. The molecule has 1 unspecified atom stereocenters. The standard InChI is InChI=1S/C16H31N5/c1-4-20-12-11-18-15(20)13-14(19-17)16(9-7-8-10-16)21(5-2)6-3/h11-12,14,19H,4-10,13,17H2,1-3H3. The molecule has 1 aromatic heterocycles. The lowest BCUT2D eigenvalue weighted by Gasteiger charge is -2.46. The molecule has 0 spiro atoms. The highest BCUT2D eigenvalue weighted by atomic mass is 15.3. The van der Waals surface area contributed by atoms with Gasteiger partial charge < -0.3 is 4.57 Å². The highest BCUT2D eigenvalue weighted by molar-refractivity contribution is 5.07. The van der Waals surface area contributed by atoms with E-state index in [4.69, 9.17) is 5.84 Å². The number of aryl methyl sites for hydroxylation is 1. The van der Waals surface area contributed by atoms with Crippen molar-refractivity contribution >= 4 is 0 Å². The minimum atomic E-state index is 0.183. The van der Waals surface area contributed by atoms with Crippen LogP contribution in [0.3, 0.4) is 0 Å². The molecule has 5 heteroatoms. The summed E-state index contributed by atoms with van der Waals surface area (Å²) in [5.74, 6) is 7.12. The van der Waals surface area contributed by atoms with Gasteiger partial charge in [0.2, 0.25) is 0 Å². The number of hydrazine groups is 1. The average Bonchev–Trinajstić information content (AvgIpc) is 3.15. The van der Waals surface area contributed by atoms with Crippen LogP contribution in [0.4, 0.5) is 0 Å². The summed E-state index contributed by atoms with van der Waals surface area (Å²) in [6, 6.07) is 0.257. The summed E-state index contributed by atoms with van der Waals surface area (Å²) in [4.78, 5) is 7.14. The summed E-state index contributed by atoms with van der Waals surface area (Å²) < 4.78 is 2.22. The van der Waals surface area contributed by atoms with Crippen LogP contribution in [0.15, 0.2) is 12.4 Å². The van der Waals surface area contributed by atoms with Crippen molar-refractivity contribution in [2.75, 3.05) is 13.1 Å². The van der Waals surface area contributed by atoms with Crippen molar-refractivity contribution < 1.29 is 0 Å². The molecule has 1 fully saturated rings. The topological polar surface area (TPSA) is 59.1 Å². The monoisotopic (exact) mass is 293 g/mol. The van der Waals surface area contributed by atoms with Crippen LogP contribution in [-0.4, -0.2) is 39.1 Å². The number of nitrogens with two attached hydrogens (primary N) is 1. The van der Waals surface area contributed by atoms with E-state index in [1.54, 1.807) is 0 Å². The molecule has 1 heterocycles. The molecule has 2 rings (SSSR count). The van der Waals surface area contributed by atoms with Crippen LogP contribution in [0, 0.1) is 0 Å². The van der Waals surface area contributed by atoms with Crippen LogP contribution < -0.4 is 11.3 Å². The van der Waals surface area contributed by atoms with E-state index in [-0.39, 0.29) is 11.6 Å². The van der Waals surface area contributed by atoms with Crippen LogP contribution in [0.25, 0.3) is 0 Å². The number of hydrogen-bond acceptors (Lipinski definition) is 4. The van der Waals surface area contributed by atoms with Crippen molar-refractivity contribution in [3.63, 3.8) is 0 Å². The van der Waals surface area contributed by atoms with E-state index >= 15 is 0 Å². The van der Waals surface area contributed by atoms with E-state index in [1.807, 2.05) is 6.20 Å². The molecule has 1 saturated carbocycles. The molecule has 0 aromatic carbocycles. The second kappa shape index (κ2) is 7.38. The molecule has 1 aliphatic rings. The summed E-state index contributed by atoms with van der Waals surface area (Å²) in [6.45, 7) is 9.79. The Kier molecular flexibility index (Phi) is 5.79. The maximum atomic E-state index is 5.98. The van der Waals surface area contributed by atoms with Crippen molar-refractivity contribution in [1.29, 1.82) is 0 Å². The molecule has 5 nitrogen and oxygen atoms in total. The normalized spacial score (nSPS) is 19.3. The van der Waals surface area contributed by atoms with Crippen LogP contribution in [0.2, 0.25) is 0 Å². The van der Waals surface area contributed by atoms with E-state index in [0.717, 1.165) is 31.9 Å². The maximum Gasteiger partial charge on any atom is 0.110 e. The molecule has 120 valence electrons. The third-order valence-corrected chi connectivity index (χ3v) is 5.24. The molecule has 0 saturated heterocycles. The Hall–Kier alpha value is -0.910. The third-order valence-electron chi connectivity index (χ3n) is 5.24. The van der Waals surface area contributed by atoms with Gasteiger partial charge in [0.25, 0.3) is 0 Å². The molecule has 1 aliphatic carbocycles. The van der Waals surface area contributed by atoms with Gasteiger partial charge >= 0.3 is 0 Å². The SMILES string of the molecule is CCN(CC)C1(C(Cc2nccn2CC)NN)CCCC1. The Morgan fingerprint density at radius 2 is 2.00 bits per heavy atom. The van der Waals surface area contributed by atoms with Crippen LogP contribution in [-0.2, 0) is 13.0 Å². The van der Waals surface area contributed by atoms with Crippen LogP contribution >= 0.6 is 0 Å². The van der Waals surface area contributed by atoms with Crippen LogP contribution in [0.5, 0.6) is 0 Å². The highest BCUT2D eigenvalue weighted by Crippen LogP contribution is 2.38. The molecule has 0 amide bonds. The van der Waals surface area contributed by atoms with Gasteiger partial charge in [0.15, 0.2) is 0 Å². The highest BCUT2D eigenvalue weighted by Gasteiger charge is 2.44. The first-order valence-electron chi connectivity index (χ1n) is 8.43. The zero-order valence-electron chi connectivity index (χ0n) is 13.8. The van der Waals surface area contributed by atoms with Gasteiger partial charge in [0, 0.05) is 36.9 Å². The molecular weight excluding hydrogens is 262 g/mol. The molecule has 21 heavy (non-hydrogen) atoms. The second-order valence-electron chi connectivity index (χ2n) is 6.04. The number of likely N-dealkylation sites (N-methyl/N-ethyl adjacent to an activating group) is 1. The Morgan fingerprint density at radius 3 is 2.52 bits per heavy atom.